The van der Waals surface area contributed by atoms with Gasteiger partial charge >= 0.3 is 5.97 Å². The summed E-state index contributed by atoms with van der Waals surface area (Å²) in [6.45, 7) is 2.73. The molecule has 0 bridgehead atoms. The maximum Gasteiger partial charge on any atom is 0.338 e. The molecule has 142 valence electrons. The Morgan fingerprint density at radius 2 is 2.30 bits per heavy atom. The average Bonchev–Trinajstić information content (AvgIpc) is 3.30. The van der Waals surface area contributed by atoms with Gasteiger partial charge in [-0.25, -0.2) is 9.48 Å². The minimum Gasteiger partial charge on any atom is -0.459 e. The fourth-order valence-electron chi connectivity index (χ4n) is 3.39. The predicted octanol–water partition coefficient (Wildman–Crippen LogP) is 3.60. The summed E-state index contributed by atoms with van der Waals surface area (Å²) in [4.78, 5) is 17.2. The number of esters is 1. The van der Waals surface area contributed by atoms with Crippen LogP contribution < -0.4 is 5.32 Å². The molecule has 1 saturated heterocycles. The largest absolute Gasteiger partial charge is 0.459 e. The van der Waals surface area contributed by atoms with Crippen molar-refractivity contribution in [3.05, 3.63) is 51.4 Å². The van der Waals surface area contributed by atoms with Crippen molar-refractivity contribution in [2.45, 2.75) is 31.9 Å². The van der Waals surface area contributed by atoms with Gasteiger partial charge in [0.1, 0.15) is 19.0 Å². The van der Waals surface area contributed by atoms with Gasteiger partial charge in [-0.3, -0.25) is 0 Å². The quantitative estimate of drug-likeness (QED) is 0.778. The zero-order chi connectivity index (χ0) is 19.0. The van der Waals surface area contributed by atoms with E-state index in [0.29, 0.717) is 39.4 Å². The lowest BCUT2D eigenvalue weighted by Gasteiger charge is -2.29. The number of nitrogens with one attached hydrogen (secondary N) is 1. The standard InChI is InChI=1S/C18H18Cl2N4O3/c1-10-15(17(25)27-8-12-3-2-6-26-12)16(24-18(23-10)21-9-22-24)13-5-4-11(19)7-14(13)20/h4-5,7,9,12,16H,2-3,6,8H2,1H3,(H,21,22,23). The molecule has 4 rings (SSSR count). The number of nitrogens with zero attached hydrogens (tertiary/aromatic N) is 3. The molecule has 2 aliphatic rings. The number of aromatic nitrogens is 3. The van der Waals surface area contributed by atoms with E-state index in [-0.39, 0.29) is 12.7 Å². The van der Waals surface area contributed by atoms with Crippen molar-refractivity contribution in [1.82, 2.24) is 14.8 Å². The fraction of sp³-hybridized carbons (Fsp3) is 0.389. The van der Waals surface area contributed by atoms with Crippen LogP contribution in [0.3, 0.4) is 0 Å². The third kappa shape index (κ3) is 3.54. The Hall–Kier alpha value is -2.09. The number of fused-ring (bicyclic) bond motifs is 1. The molecular formula is C18H18Cl2N4O3. The lowest BCUT2D eigenvalue weighted by molar-refractivity contribution is -0.142. The molecule has 0 radical (unpaired) electrons. The highest BCUT2D eigenvalue weighted by Crippen LogP contribution is 2.39. The van der Waals surface area contributed by atoms with Gasteiger partial charge in [-0.15, -0.1) is 0 Å². The molecular weight excluding hydrogens is 391 g/mol. The molecule has 1 aromatic heterocycles. The third-order valence-electron chi connectivity index (χ3n) is 4.70. The molecule has 2 atom stereocenters. The second-order valence-electron chi connectivity index (χ2n) is 6.49. The van der Waals surface area contributed by atoms with Crippen molar-refractivity contribution in [3.8, 4) is 0 Å². The Morgan fingerprint density at radius 3 is 3.04 bits per heavy atom. The van der Waals surface area contributed by atoms with Gasteiger partial charge in [0.25, 0.3) is 0 Å². The topological polar surface area (TPSA) is 78.3 Å². The van der Waals surface area contributed by atoms with Crippen LogP contribution in [0.4, 0.5) is 5.95 Å². The zero-order valence-electron chi connectivity index (χ0n) is 14.6. The Balaban J connectivity index is 1.69. The summed E-state index contributed by atoms with van der Waals surface area (Å²) >= 11 is 12.5. The summed E-state index contributed by atoms with van der Waals surface area (Å²) in [5.41, 5.74) is 1.76. The van der Waals surface area contributed by atoms with E-state index in [2.05, 4.69) is 15.4 Å². The first-order chi connectivity index (χ1) is 13.0. The number of allylic oxidation sites excluding steroid dienone is 1. The summed E-state index contributed by atoms with van der Waals surface area (Å²) < 4.78 is 12.7. The average molecular weight is 409 g/mol. The van der Waals surface area contributed by atoms with Crippen LogP contribution in [0.1, 0.15) is 31.4 Å². The highest BCUT2D eigenvalue weighted by atomic mass is 35.5. The first-order valence-corrected chi connectivity index (χ1v) is 9.41. The minimum absolute atomic E-state index is 0.0501. The summed E-state index contributed by atoms with van der Waals surface area (Å²) in [7, 11) is 0. The Morgan fingerprint density at radius 1 is 1.44 bits per heavy atom. The van der Waals surface area contributed by atoms with Crippen molar-refractivity contribution in [3.63, 3.8) is 0 Å². The van der Waals surface area contributed by atoms with Gasteiger partial charge in [0, 0.05) is 27.9 Å². The summed E-state index contributed by atoms with van der Waals surface area (Å²) in [6, 6.07) is 4.59. The molecule has 2 unspecified atom stereocenters. The number of carbonyl (C=O) groups is 1. The predicted molar refractivity (Wildman–Crippen MR) is 101 cm³/mol. The van der Waals surface area contributed by atoms with Gasteiger partial charge in [-0.05, 0) is 31.9 Å². The Bertz CT molecular complexity index is 906. The maximum absolute atomic E-state index is 13.0. The molecule has 0 spiro atoms. The van der Waals surface area contributed by atoms with E-state index in [1.165, 1.54) is 6.33 Å². The Labute approximate surface area is 166 Å². The molecule has 7 nitrogen and oxygen atoms in total. The monoisotopic (exact) mass is 408 g/mol. The molecule has 0 aliphatic carbocycles. The minimum atomic E-state index is -0.564. The highest BCUT2D eigenvalue weighted by molar-refractivity contribution is 6.35. The molecule has 1 fully saturated rings. The van der Waals surface area contributed by atoms with E-state index >= 15 is 0 Å². The normalized spacial score (nSPS) is 21.7. The second kappa shape index (κ2) is 7.50. The smallest absolute Gasteiger partial charge is 0.338 e. The van der Waals surface area contributed by atoms with Crippen molar-refractivity contribution >= 4 is 35.1 Å². The van der Waals surface area contributed by atoms with E-state index < -0.39 is 12.0 Å². The summed E-state index contributed by atoms with van der Waals surface area (Å²) in [6.07, 6.45) is 3.25. The first kappa shape index (κ1) is 18.3. The maximum atomic E-state index is 13.0. The van der Waals surface area contributed by atoms with Gasteiger partial charge in [-0.1, -0.05) is 29.3 Å². The Kier molecular flexibility index (Phi) is 5.08. The summed E-state index contributed by atoms with van der Waals surface area (Å²) in [5, 5.41) is 8.32. The van der Waals surface area contributed by atoms with Crippen LogP contribution in [0.15, 0.2) is 35.8 Å². The molecule has 27 heavy (non-hydrogen) atoms. The SMILES string of the molecule is CC1=C(C(=O)OCC2CCCO2)C(c2ccc(Cl)cc2Cl)n2ncnc2N1. The molecule has 0 saturated carbocycles. The molecule has 9 heteroatoms. The van der Waals surface area contributed by atoms with E-state index in [4.69, 9.17) is 32.7 Å². The highest BCUT2D eigenvalue weighted by Gasteiger charge is 2.36. The van der Waals surface area contributed by atoms with Crippen molar-refractivity contribution in [2.75, 3.05) is 18.5 Å². The van der Waals surface area contributed by atoms with Crippen molar-refractivity contribution in [2.24, 2.45) is 0 Å². The first-order valence-electron chi connectivity index (χ1n) is 8.65. The zero-order valence-corrected chi connectivity index (χ0v) is 16.1. The third-order valence-corrected chi connectivity index (χ3v) is 5.26. The van der Waals surface area contributed by atoms with Crippen LogP contribution in [-0.2, 0) is 14.3 Å². The molecule has 2 aliphatic heterocycles. The van der Waals surface area contributed by atoms with E-state index in [9.17, 15) is 4.79 Å². The van der Waals surface area contributed by atoms with Gasteiger partial charge < -0.3 is 14.8 Å². The number of halogens is 2. The van der Waals surface area contributed by atoms with Crippen molar-refractivity contribution in [1.29, 1.82) is 0 Å². The number of carbonyl (C=O) groups excluding carboxylic acids is 1. The van der Waals surface area contributed by atoms with Gasteiger partial charge in [-0.2, -0.15) is 10.1 Å². The second-order valence-corrected chi connectivity index (χ2v) is 7.34. The van der Waals surface area contributed by atoms with E-state index in [0.717, 1.165) is 12.8 Å². The van der Waals surface area contributed by atoms with Gasteiger partial charge in [0.15, 0.2) is 0 Å². The number of hydrogen-bond acceptors (Lipinski definition) is 6. The summed E-state index contributed by atoms with van der Waals surface area (Å²) in [5.74, 6) is 0.0897. The lowest BCUT2D eigenvalue weighted by Crippen LogP contribution is -2.31. The van der Waals surface area contributed by atoms with E-state index in [1.54, 1.807) is 29.8 Å². The van der Waals surface area contributed by atoms with Crippen molar-refractivity contribution < 1.29 is 14.3 Å². The van der Waals surface area contributed by atoms with Crippen LogP contribution in [-0.4, -0.2) is 40.1 Å². The van der Waals surface area contributed by atoms with Gasteiger partial charge in [0.05, 0.1) is 11.7 Å². The molecule has 2 aromatic rings. The number of benzene rings is 1. The number of rotatable bonds is 4. The molecule has 1 N–H and O–H groups in total. The number of hydrogen-bond donors (Lipinski definition) is 1. The molecule has 3 heterocycles. The van der Waals surface area contributed by atoms with Crippen LogP contribution >= 0.6 is 23.2 Å². The molecule has 0 amide bonds. The number of ether oxygens (including phenoxy) is 2. The van der Waals surface area contributed by atoms with E-state index in [1.807, 2.05) is 0 Å². The molecule has 1 aromatic carbocycles. The van der Waals surface area contributed by atoms with Crippen LogP contribution in [0.2, 0.25) is 10.0 Å². The fourth-order valence-corrected chi connectivity index (χ4v) is 3.90. The van der Waals surface area contributed by atoms with Crippen LogP contribution in [0.25, 0.3) is 0 Å². The number of anilines is 1. The van der Waals surface area contributed by atoms with Gasteiger partial charge in [0.2, 0.25) is 5.95 Å². The van der Waals surface area contributed by atoms with Crippen LogP contribution in [0, 0.1) is 0 Å². The lowest BCUT2D eigenvalue weighted by atomic mass is 9.95. The van der Waals surface area contributed by atoms with Crippen LogP contribution in [0.5, 0.6) is 0 Å².